The molecule has 0 saturated carbocycles. The lowest BCUT2D eigenvalue weighted by Crippen LogP contribution is -2.28. The van der Waals surface area contributed by atoms with Crippen molar-refractivity contribution in [2.45, 2.75) is 26.7 Å². The first kappa shape index (κ1) is 19.8. The number of anilines is 2. The van der Waals surface area contributed by atoms with E-state index in [9.17, 15) is 9.59 Å². The van der Waals surface area contributed by atoms with Crippen LogP contribution in [0.4, 0.5) is 11.4 Å². The number of nitrogens with two attached hydrogens (primary N) is 1. The fourth-order valence-corrected chi connectivity index (χ4v) is 3.17. The number of amides is 2. The smallest absolute Gasteiger partial charge is 0.256 e. The molecule has 3 N–H and O–H groups in total. The zero-order valence-electron chi connectivity index (χ0n) is 15.0. The van der Waals surface area contributed by atoms with Gasteiger partial charge in [-0.3, -0.25) is 9.59 Å². The van der Waals surface area contributed by atoms with E-state index in [2.05, 4.69) is 5.32 Å². The second-order valence-corrected chi connectivity index (χ2v) is 6.51. The van der Waals surface area contributed by atoms with Gasteiger partial charge < -0.3 is 16.0 Å². The maximum absolute atomic E-state index is 12.7. The fourth-order valence-electron chi connectivity index (χ4n) is 3.17. The van der Waals surface area contributed by atoms with Gasteiger partial charge in [-0.25, -0.2) is 0 Å². The number of hydrogen-bond donors (Lipinski definition) is 2. The van der Waals surface area contributed by atoms with Gasteiger partial charge in [0.2, 0.25) is 0 Å². The molecule has 0 aliphatic carbocycles. The Hall–Kier alpha value is -2.53. The highest BCUT2D eigenvalue weighted by atomic mass is 35.5. The molecule has 1 aliphatic rings. The van der Waals surface area contributed by atoms with Crippen molar-refractivity contribution in [3.63, 3.8) is 0 Å². The van der Waals surface area contributed by atoms with Crippen LogP contribution in [-0.2, 0) is 0 Å². The van der Waals surface area contributed by atoms with Gasteiger partial charge in [-0.05, 0) is 62.1 Å². The average molecular weight is 374 g/mol. The third-order valence-corrected chi connectivity index (χ3v) is 4.71. The topological polar surface area (TPSA) is 75.4 Å². The van der Waals surface area contributed by atoms with E-state index in [1.165, 1.54) is 0 Å². The number of hydrogen-bond acceptors (Lipinski definition) is 3. The molecule has 1 fully saturated rings. The first-order valence-corrected chi connectivity index (χ1v) is 8.54. The van der Waals surface area contributed by atoms with Crippen molar-refractivity contribution < 1.29 is 9.59 Å². The van der Waals surface area contributed by atoms with Crippen LogP contribution in [0.5, 0.6) is 0 Å². The number of rotatable bonds is 3. The molecule has 6 heteroatoms. The van der Waals surface area contributed by atoms with Crippen molar-refractivity contribution in [1.29, 1.82) is 0 Å². The lowest BCUT2D eigenvalue weighted by Gasteiger charge is -2.18. The summed E-state index contributed by atoms with van der Waals surface area (Å²) in [4.78, 5) is 27.2. The minimum absolute atomic E-state index is 0. The monoisotopic (exact) mass is 373 g/mol. The van der Waals surface area contributed by atoms with Crippen LogP contribution in [0.25, 0.3) is 0 Å². The fraction of sp³-hybridized carbons (Fsp3) is 0.300. The molecule has 26 heavy (non-hydrogen) atoms. The molecule has 0 unspecified atom stereocenters. The Bertz CT molecular complexity index is 830. The lowest BCUT2D eigenvalue weighted by atomic mass is 10.0. The van der Waals surface area contributed by atoms with Gasteiger partial charge in [-0.1, -0.05) is 12.1 Å². The molecule has 2 aromatic rings. The molecule has 1 heterocycles. The molecule has 1 saturated heterocycles. The molecule has 138 valence electrons. The Morgan fingerprint density at radius 2 is 1.73 bits per heavy atom. The van der Waals surface area contributed by atoms with E-state index in [0.29, 0.717) is 22.5 Å². The summed E-state index contributed by atoms with van der Waals surface area (Å²) in [7, 11) is 0. The third kappa shape index (κ3) is 3.99. The zero-order chi connectivity index (χ0) is 18.0. The van der Waals surface area contributed by atoms with Crippen LogP contribution in [0, 0.1) is 13.8 Å². The zero-order valence-corrected chi connectivity index (χ0v) is 15.9. The lowest BCUT2D eigenvalue weighted by molar-refractivity contribution is 0.0791. The van der Waals surface area contributed by atoms with Crippen LogP contribution < -0.4 is 11.1 Å². The Kier molecular flexibility index (Phi) is 6.27. The average Bonchev–Trinajstić information content (AvgIpc) is 3.13. The van der Waals surface area contributed by atoms with Gasteiger partial charge in [-0.15, -0.1) is 12.4 Å². The standard InChI is InChI=1S/C20H23N3O2.ClH/c1-13-8-9-15(21)12-17(13)19(24)22-18-7-5-6-16(14(18)2)20(25)23-10-3-4-11-23;/h5-9,12H,3-4,10-11,21H2,1-2H3,(H,22,24);1H. The van der Waals surface area contributed by atoms with E-state index in [-0.39, 0.29) is 24.2 Å². The molecular formula is C20H24ClN3O2. The van der Waals surface area contributed by atoms with Gasteiger partial charge in [0.15, 0.2) is 0 Å². The van der Waals surface area contributed by atoms with Gasteiger partial charge in [0.05, 0.1) is 0 Å². The number of nitrogen functional groups attached to an aromatic ring is 1. The Labute approximate surface area is 160 Å². The Morgan fingerprint density at radius 1 is 1.04 bits per heavy atom. The molecular weight excluding hydrogens is 350 g/mol. The van der Waals surface area contributed by atoms with E-state index >= 15 is 0 Å². The Morgan fingerprint density at radius 3 is 2.42 bits per heavy atom. The summed E-state index contributed by atoms with van der Waals surface area (Å²) in [5.41, 5.74) is 9.81. The molecule has 0 aromatic heterocycles. The van der Waals surface area contributed by atoms with Crippen LogP contribution in [0.2, 0.25) is 0 Å². The normalized spacial score (nSPS) is 13.2. The molecule has 3 rings (SSSR count). The maximum Gasteiger partial charge on any atom is 0.256 e. The summed E-state index contributed by atoms with van der Waals surface area (Å²) in [6.07, 6.45) is 2.10. The number of likely N-dealkylation sites (tertiary alicyclic amines) is 1. The van der Waals surface area contributed by atoms with Gasteiger partial charge >= 0.3 is 0 Å². The van der Waals surface area contributed by atoms with E-state index in [0.717, 1.165) is 37.1 Å². The molecule has 0 bridgehead atoms. The second kappa shape index (κ2) is 8.23. The molecule has 2 amide bonds. The first-order chi connectivity index (χ1) is 12.0. The van der Waals surface area contributed by atoms with Gasteiger partial charge in [0.25, 0.3) is 11.8 Å². The molecule has 0 radical (unpaired) electrons. The van der Waals surface area contributed by atoms with Crippen molar-refractivity contribution in [3.05, 3.63) is 58.7 Å². The summed E-state index contributed by atoms with van der Waals surface area (Å²) in [5, 5.41) is 2.92. The van der Waals surface area contributed by atoms with E-state index in [1.54, 1.807) is 18.2 Å². The van der Waals surface area contributed by atoms with Crippen LogP contribution >= 0.6 is 12.4 Å². The highest BCUT2D eigenvalue weighted by Crippen LogP contribution is 2.23. The molecule has 0 spiro atoms. The minimum atomic E-state index is -0.223. The quantitative estimate of drug-likeness (QED) is 0.803. The van der Waals surface area contributed by atoms with Gasteiger partial charge in [0.1, 0.15) is 0 Å². The summed E-state index contributed by atoms with van der Waals surface area (Å²) >= 11 is 0. The highest BCUT2D eigenvalue weighted by Gasteiger charge is 2.22. The third-order valence-electron chi connectivity index (χ3n) is 4.71. The number of halogens is 1. The number of nitrogens with one attached hydrogen (secondary N) is 1. The molecule has 2 aromatic carbocycles. The molecule has 0 atom stereocenters. The summed E-state index contributed by atoms with van der Waals surface area (Å²) in [6.45, 7) is 5.34. The predicted molar refractivity (Wildman–Crippen MR) is 107 cm³/mol. The molecule has 1 aliphatic heterocycles. The summed E-state index contributed by atoms with van der Waals surface area (Å²) in [6, 6.07) is 10.7. The number of carbonyl (C=O) groups excluding carboxylic acids is 2. The number of aryl methyl sites for hydroxylation is 1. The van der Waals surface area contributed by atoms with Gasteiger partial charge in [-0.2, -0.15) is 0 Å². The van der Waals surface area contributed by atoms with Gasteiger partial charge in [0, 0.05) is 35.6 Å². The van der Waals surface area contributed by atoms with E-state index in [4.69, 9.17) is 5.73 Å². The number of benzene rings is 2. The number of nitrogens with zero attached hydrogens (tertiary/aromatic N) is 1. The van der Waals surface area contributed by atoms with Crippen molar-refractivity contribution in [1.82, 2.24) is 4.90 Å². The van der Waals surface area contributed by atoms with Crippen LogP contribution in [0.15, 0.2) is 36.4 Å². The van der Waals surface area contributed by atoms with Crippen LogP contribution in [0.3, 0.4) is 0 Å². The maximum atomic E-state index is 12.7. The Balaban J connectivity index is 0.00000243. The SMILES string of the molecule is Cc1ccc(N)cc1C(=O)Nc1cccc(C(=O)N2CCCC2)c1C.Cl. The summed E-state index contributed by atoms with van der Waals surface area (Å²) < 4.78 is 0. The minimum Gasteiger partial charge on any atom is -0.399 e. The largest absolute Gasteiger partial charge is 0.399 e. The van der Waals surface area contributed by atoms with Crippen molar-refractivity contribution in [2.24, 2.45) is 0 Å². The van der Waals surface area contributed by atoms with E-state index < -0.39 is 0 Å². The second-order valence-electron chi connectivity index (χ2n) is 6.51. The van der Waals surface area contributed by atoms with Crippen LogP contribution in [-0.4, -0.2) is 29.8 Å². The summed E-state index contributed by atoms with van der Waals surface area (Å²) in [5.74, 6) is -0.190. The van der Waals surface area contributed by atoms with E-state index in [1.807, 2.05) is 36.9 Å². The van der Waals surface area contributed by atoms with Crippen molar-refractivity contribution in [3.8, 4) is 0 Å². The van der Waals surface area contributed by atoms with Crippen LogP contribution in [0.1, 0.15) is 44.7 Å². The van der Waals surface area contributed by atoms with Crippen molar-refractivity contribution >= 4 is 35.6 Å². The first-order valence-electron chi connectivity index (χ1n) is 8.54. The van der Waals surface area contributed by atoms with Crippen molar-refractivity contribution in [2.75, 3.05) is 24.1 Å². The number of carbonyl (C=O) groups is 2. The highest BCUT2D eigenvalue weighted by molar-refractivity contribution is 6.07. The predicted octanol–water partition coefficient (Wildman–Crippen LogP) is 3.80. The molecule has 5 nitrogen and oxygen atoms in total.